The van der Waals surface area contributed by atoms with Crippen molar-refractivity contribution in [1.82, 2.24) is 26.3 Å². The Hall–Kier alpha value is -5.63. The van der Waals surface area contributed by atoms with E-state index in [9.17, 15) is 58.0 Å². The number of hydrogen-bond acceptors (Lipinski definition) is 13. The molecule has 0 radical (unpaired) electrons. The predicted molar refractivity (Wildman–Crippen MR) is 165 cm³/mol. The zero-order valence-electron chi connectivity index (χ0n) is 25.5. The first kappa shape index (κ1) is 36.8. The van der Waals surface area contributed by atoms with E-state index in [4.69, 9.17) is 5.73 Å². The van der Waals surface area contributed by atoms with Crippen LogP contribution in [0.25, 0.3) is 0 Å². The Balaban J connectivity index is 1.69. The van der Waals surface area contributed by atoms with Gasteiger partial charge < -0.3 is 42.1 Å². The number of guanidine groups is 1. The fourth-order valence-corrected chi connectivity index (χ4v) is 5.27. The number of rotatable bonds is 12. The average Bonchev–Trinajstić information content (AvgIpc) is 3.01. The Morgan fingerprint density at radius 3 is 2.40 bits per heavy atom. The van der Waals surface area contributed by atoms with Crippen molar-refractivity contribution < 1.29 is 58.0 Å². The third-order valence-corrected chi connectivity index (χ3v) is 8.12. The van der Waals surface area contributed by atoms with Gasteiger partial charge in [0.1, 0.15) is 17.0 Å². The van der Waals surface area contributed by atoms with E-state index in [0.29, 0.717) is 11.5 Å². The molecule has 3 rings (SSSR count). The number of carbonyl (C=O) groups excluding carboxylic acids is 5. The van der Waals surface area contributed by atoms with Crippen molar-refractivity contribution in [2.24, 2.45) is 10.7 Å². The Kier molecular flexibility index (Phi) is 12.1. The number of amides is 5. The number of piperidine rings is 1. The van der Waals surface area contributed by atoms with Crippen LogP contribution in [0, 0.1) is 0 Å². The van der Waals surface area contributed by atoms with Crippen LogP contribution >= 0.6 is 0 Å². The van der Waals surface area contributed by atoms with Crippen molar-refractivity contribution in [2.45, 2.75) is 42.7 Å². The molecule has 48 heavy (non-hydrogen) atoms. The summed E-state index contributed by atoms with van der Waals surface area (Å²) in [6.45, 7) is -0.639. The van der Waals surface area contributed by atoms with Crippen LogP contribution in [-0.4, -0.2) is 113 Å². The molecule has 20 heteroatoms. The summed E-state index contributed by atoms with van der Waals surface area (Å²) < 4.78 is 23.7. The van der Waals surface area contributed by atoms with Gasteiger partial charge in [-0.15, -0.1) is 0 Å². The van der Waals surface area contributed by atoms with Crippen LogP contribution in [-0.2, 0) is 24.2 Å². The Morgan fingerprint density at radius 2 is 1.71 bits per heavy atom. The molecule has 2 unspecified atom stereocenters. The number of hydrogen-bond donors (Lipinski definition) is 10. The summed E-state index contributed by atoms with van der Waals surface area (Å²) >= 11 is 0. The molecule has 1 fully saturated rings. The lowest BCUT2D eigenvalue weighted by atomic mass is 10.1. The van der Waals surface area contributed by atoms with E-state index < -0.39 is 91.5 Å². The highest BCUT2D eigenvalue weighted by Crippen LogP contribution is 2.35. The number of sulfone groups is 1. The maximum atomic E-state index is 13.1. The number of nitrogens with two attached hydrogens (primary N) is 1. The molecular weight excluding hydrogens is 658 g/mol. The highest BCUT2D eigenvalue weighted by atomic mass is 32.2. The van der Waals surface area contributed by atoms with E-state index >= 15 is 0 Å². The minimum Gasteiger partial charge on any atom is -0.504 e. The third-order valence-electron chi connectivity index (χ3n) is 6.99. The zero-order valence-corrected chi connectivity index (χ0v) is 26.3. The lowest BCUT2D eigenvalue weighted by Gasteiger charge is -2.27. The maximum absolute atomic E-state index is 13.1. The number of aliphatic imine (C=N–C) groups is 1. The number of benzene rings is 2. The molecule has 2 aromatic rings. The van der Waals surface area contributed by atoms with E-state index in [0.717, 1.165) is 24.5 Å². The number of carbonyl (C=O) groups is 5. The molecular formula is C28H35N7O12S. The lowest BCUT2D eigenvalue weighted by molar-refractivity contribution is -0.173. The van der Waals surface area contributed by atoms with Gasteiger partial charge in [-0.05, 0) is 49.9 Å². The van der Waals surface area contributed by atoms with E-state index in [-0.39, 0.29) is 43.9 Å². The van der Waals surface area contributed by atoms with Crippen LogP contribution in [0.3, 0.4) is 0 Å². The van der Waals surface area contributed by atoms with Gasteiger partial charge in [-0.25, -0.2) is 13.5 Å². The molecule has 1 heterocycles. The second-order valence-electron chi connectivity index (χ2n) is 10.6. The number of phenolic OH excluding ortho intramolecular Hbond substituents is 4. The topological polar surface area (TPSA) is 310 Å². The van der Waals surface area contributed by atoms with Gasteiger partial charge in [0.15, 0.2) is 38.8 Å². The van der Waals surface area contributed by atoms with Crippen LogP contribution in [0.2, 0.25) is 0 Å². The summed E-state index contributed by atoms with van der Waals surface area (Å²) in [6.07, 6.45) is 1.34. The second kappa shape index (κ2) is 15.8. The monoisotopic (exact) mass is 693 g/mol. The van der Waals surface area contributed by atoms with Crippen molar-refractivity contribution in [3.63, 3.8) is 0 Å². The van der Waals surface area contributed by atoms with E-state index in [2.05, 4.69) is 26.3 Å². The minimum atomic E-state index is -3.97. The van der Waals surface area contributed by atoms with Crippen LogP contribution in [0.5, 0.6) is 23.0 Å². The van der Waals surface area contributed by atoms with Crippen LogP contribution in [0.4, 0.5) is 0 Å². The quantitative estimate of drug-likeness (QED) is 0.0384. The number of nitrogens with zero attached hydrogens (tertiary/aromatic N) is 2. The molecule has 260 valence electrons. The Bertz CT molecular complexity index is 1730. The van der Waals surface area contributed by atoms with E-state index in [1.807, 2.05) is 0 Å². The molecule has 0 aromatic heterocycles. The molecule has 0 saturated carbocycles. The highest BCUT2D eigenvalue weighted by Gasteiger charge is 2.30. The molecule has 2 atom stereocenters. The SMILES string of the molecule is CS(=O)(=O)c1ccc(C(=O)NC(CCCN=C(N)NC(=O)c2cccc(O)c2O)C(=O)NCC(=O)NC2CCCN(O)C2=O)c(O)c1O. The number of phenols is 4. The molecule has 0 bridgehead atoms. The molecule has 11 N–H and O–H groups in total. The fourth-order valence-electron chi connectivity index (χ4n) is 4.51. The summed E-state index contributed by atoms with van der Waals surface area (Å²) in [7, 11) is -3.97. The molecule has 1 aliphatic rings. The largest absolute Gasteiger partial charge is 0.504 e. The molecule has 1 saturated heterocycles. The van der Waals surface area contributed by atoms with Crippen molar-refractivity contribution in [1.29, 1.82) is 0 Å². The van der Waals surface area contributed by atoms with Gasteiger partial charge in [0, 0.05) is 19.3 Å². The van der Waals surface area contributed by atoms with Gasteiger partial charge in [0.2, 0.25) is 11.8 Å². The maximum Gasteiger partial charge on any atom is 0.268 e. The van der Waals surface area contributed by atoms with Crippen LogP contribution in [0.1, 0.15) is 46.4 Å². The first-order chi connectivity index (χ1) is 22.5. The van der Waals surface area contributed by atoms with Crippen molar-refractivity contribution in [3.8, 4) is 23.0 Å². The molecule has 0 aliphatic carbocycles. The number of aromatic hydroxyl groups is 4. The van der Waals surface area contributed by atoms with Gasteiger partial charge in [-0.2, -0.15) is 0 Å². The fraction of sp³-hybridized carbons (Fsp3) is 0.357. The standard InChI is InChI=1S/C28H35N7O12S/c1-48(46,47)19-10-9-15(22(39)23(19)40)24(41)33-16(26(43)31-13-20(37)32-17-7-4-12-35(45)27(17)44)6-3-11-30-28(29)34-25(42)14-5-2-8-18(36)21(14)38/h2,5,8-10,16-17,36,38-40,45H,3-4,6-7,11-13H2,1H3,(H,31,43)(H,32,37)(H,33,41)(H3,29,30,34,42). The second-order valence-corrected chi connectivity index (χ2v) is 12.6. The van der Waals surface area contributed by atoms with Crippen molar-refractivity contribution >= 4 is 45.3 Å². The predicted octanol–water partition coefficient (Wildman–Crippen LogP) is -1.85. The smallest absolute Gasteiger partial charge is 0.268 e. The molecule has 5 amide bonds. The normalized spacial score (nSPS) is 15.7. The number of nitrogens with one attached hydrogen (secondary N) is 4. The molecule has 2 aromatic carbocycles. The van der Waals surface area contributed by atoms with Gasteiger partial charge in [-0.1, -0.05) is 6.07 Å². The average molecular weight is 694 g/mol. The van der Waals surface area contributed by atoms with E-state index in [1.165, 1.54) is 12.1 Å². The van der Waals surface area contributed by atoms with Gasteiger partial charge in [0.25, 0.3) is 17.7 Å². The van der Waals surface area contributed by atoms with Crippen LogP contribution < -0.4 is 27.0 Å². The van der Waals surface area contributed by atoms with Crippen molar-refractivity contribution in [2.75, 3.05) is 25.9 Å². The van der Waals surface area contributed by atoms with Crippen molar-refractivity contribution in [3.05, 3.63) is 41.5 Å². The summed E-state index contributed by atoms with van der Waals surface area (Å²) in [6, 6.07) is 3.12. The Morgan fingerprint density at radius 1 is 1.02 bits per heavy atom. The lowest BCUT2D eigenvalue weighted by Crippen LogP contribution is -2.54. The van der Waals surface area contributed by atoms with Gasteiger partial charge in [0.05, 0.1) is 17.7 Å². The van der Waals surface area contributed by atoms with Gasteiger partial charge >= 0.3 is 0 Å². The molecule has 0 spiro atoms. The summed E-state index contributed by atoms with van der Waals surface area (Å²) in [5, 5.41) is 59.2. The molecule has 1 aliphatic heterocycles. The minimum absolute atomic E-state index is 0.0334. The highest BCUT2D eigenvalue weighted by molar-refractivity contribution is 7.90. The van der Waals surface area contributed by atoms with Crippen LogP contribution in [0.15, 0.2) is 40.2 Å². The first-order valence-corrected chi connectivity index (χ1v) is 16.2. The third kappa shape index (κ3) is 9.45. The first-order valence-electron chi connectivity index (χ1n) is 14.3. The summed E-state index contributed by atoms with van der Waals surface area (Å²) in [4.78, 5) is 66.2. The number of para-hydroxylation sites is 1. The molecule has 19 nitrogen and oxygen atoms in total. The van der Waals surface area contributed by atoms with E-state index in [1.54, 1.807) is 0 Å². The number of hydroxylamine groups is 2. The Labute approximate surface area is 273 Å². The van der Waals surface area contributed by atoms with Gasteiger partial charge in [-0.3, -0.25) is 39.5 Å². The summed E-state index contributed by atoms with van der Waals surface area (Å²) in [5.74, 6) is -8.07. The zero-order chi connectivity index (χ0) is 35.8. The summed E-state index contributed by atoms with van der Waals surface area (Å²) in [5.41, 5.74) is 4.88.